The molecule has 1 aromatic carbocycles. The Morgan fingerprint density at radius 1 is 1.22 bits per heavy atom. The zero-order chi connectivity index (χ0) is 20.2. The highest BCUT2D eigenvalue weighted by molar-refractivity contribution is 5.74. The van der Waals surface area contributed by atoms with E-state index in [4.69, 9.17) is 14.2 Å². The van der Waals surface area contributed by atoms with E-state index in [2.05, 4.69) is 4.74 Å². The minimum atomic E-state index is -1.66. The van der Waals surface area contributed by atoms with Gasteiger partial charge in [-0.1, -0.05) is 37.3 Å². The summed E-state index contributed by atoms with van der Waals surface area (Å²) >= 11 is 0. The SMILES string of the molecule is COC(=O)[C@@H](O)[C@H](O)[C@@H](C)[C@H]1OC(C)(C)O[C@H](C)[C@H]1OCc1ccccc1. The quantitative estimate of drug-likeness (QED) is 0.692. The molecule has 1 fully saturated rings. The highest BCUT2D eigenvalue weighted by Crippen LogP contribution is 2.34. The zero-order valence-electron chi connectivity index (χ0n) is 16.5. The molecule has 0 unspecified atom stereocenters. The summed E-state index contributed by atoms with van der Waals surface area (Å²) in [5, 5.41) is 20.5. The number of hydrogen-bond acceptors (Lipinski definition) is 7. The summed E-state index contributed by atoms with van der Waals surface area (Å²) in [4.78, 5) is 11.6. The molecule has 1 aliphatic rings. The lowest BCUT2D eigenvalue weighted by molar-refractivity contribution is -0.348. The maximum atomic E-state index is 11.6. The largest absolute Gasteiger partial charge is 0.467 e. The predicted octanol–water partition coefficient (Wildman–Crippen LogP) is 1.64. The third-order valence-electron chi connectivity index (χ3n) is 4.78. The van der Waals surface area contributed by atoms with Crippen LogP contribution in [0.4, 0.5) is 0 Å². The van der Waals surface area contributed by atoms with E-state index in [1.807, 2.05) is 37.3 Å². The van der Waals surface area contributed by atoms with Gasteiger partial charge in [0.15, 0.2) is 11.9 Å². The van der Waals surface area contributed by atoms with E-state index < -0.39 is 42.1 Å². The molecule has 0 aromatic heterocycles. The van der Waals surface area contributed by atoms with Crippen molar-refractivity contribution in [3.05, 3.63) is 35.9 Å². The summed E-state index contributed by atoms with van der Waals surface area (Å²) in [6, 6.07) is 9.68. The van der Waals surface area contributed by atoms with Gasteiger partial charge in [0.05, 0.1) is 32.0 Å². The second kappa shape index (κ2) is 9.12. The number of hydrogen-bond donors (Lipinski definition) is 2. The van der Waals surface area contributed by atoms with Gasteiger partial charge in [0.1, 0.15) is 6.10 Å². The van der Waals surface area contributed by atoms with Gasteiger partial charge in [0.25, 0.3) is 0 Å². The molecule has 0 radical (unpaired) electrons. The number of aliphatic hydroxyl groups excluding tert-OH is 2. The van der Waals surface area contributed by atoms with Crippen molar-refractivity contribution in [1.29, 1.82) is 0 Å². The van der Waals surface area contributed by atoms with Crippen molar-refractivity contribution in [2.75, 3.05) is 7.11 Å². The fourth-order valence-electron chi connectivity index (χ4n) is 3.35. The second-order valence-corrected chi connectivity index (χ2v) is 7.38. The Morgan fingerprint density at radius 3 is 2.44 bits per heavy atom. The standard InChI is InChI=1S/C20H30O7/c1-12(15(21)16(22)19(23)24-5)17-18(13(2)26-20(3,4)27-17)25-11-14-9-7-6-8-10-14/h6-10,12-13,15-18,21-22H,11H2,1-5H3/t12-,13-,15-,16+,17-,18-/m1/s1. The van der Waals surface area contributed by atoms with Crippen LogP contribution < -0.4 is 0 Å². The normalized spacial score (nSPS) is 28.2. The van der Waals surface area contributed by atoms with Gasteiger partial charge >= 0.3 is 5.97 Å². The smallest absolute Gasteiger partial charge is 0.337 e. The predicted molar refractivity (Wildman–Crippen MR) is 97.7 cm³/mol. The number of methoxy groups -OCH3 is 1. The Morgan fingerprint density at radius 2 is 1.85 bits per heavy atom. The summed E-state index contributed by atoms with van der Waals surface area (Å²) in [7, 11) is 1.16. The van der Waals surface area contributed by atoms with Crippen LogP contribution in [-0.4, -0.2) is 59.6 Å². The first kappa shape index (κ1) is 21.8. The molecule has 2 N–H and O–H groups in total. The maximum absolute atomic E-state index is 11.6. The van der Waals surface area contributed by atoms with Crippen LogP contribution >= 0.6 is 0 Å². The minimum absolute atomic E-state index is 0.313. The first-order chi connectivity index (χ1) is 12.7. The van der Waals surface area contributed by atoms with Crippen LogP contribution in [0.2, 0.25) is 0 Å². The van der Waals surface area contributed by atoms with E-state index in [1.165, 1.54) is 0 Å². The van der Waals surface area contributed by atoms with Crippen molar-refractivity contribution in [3.8, 4) is 0 Å². The Kier molecular flexibility index (Phi) is 7.36. The highest BCUT2D eigenvalue weighted by Gasteiger charge is 2.47. The van der Waals surface area contributed by atoms with Crippen molar-refractivity contribution in [1.82, 2.24) is 0 Å². The second-order valence-electron chi connectivity index (χ2n) is 7.38. The molecular formula is C20H30O7. The van der Waals surface area contributed by atoms with Gasteiger partial charge in [0.2, 0.25) is 0 Å². The number of esters is 1. The van der Waals surface area contributed by atoms with Crippen LogP contribution in [0.25, 0.3) is 0 Å². The van der Waals surface area contributed by atoms with E-state index in [-0.39, 0.29) is 6.10 Å². The Balaban J connectivity index is 2.17. The molecule has 1 saturated heterocycles. The molecule has 1 aliphatic heterocycles. The number of rotatable bonds is 7. The van der Waals surface area contributed by atoms with E-state index in [0.29, 0.717) is 6.61 Å². The lowest BCUT2D eigenvalue weighted by Gasteiger charge is -2.47. The Labute approximate surface area is 160 Å². The molecule has 0 amide bonds. The summed E-state index contributed by atoms with van der Waals surface area (Å²) in [6.45, 7) is 7.48. The molecular weight excluding hydrogens is 352 g/mol. The molecule has 7 heteroatoms. The molecule has 0 bridgehead atoms. The first-order valence-corrected chi connectivity index (χ1v) is 9.11. The van der Waals surface area contributed by atoms with Gasteiger partial charge < -0.3 is 29.2 Å². The summed E-state index contributed by atoms with van der Waals surface area (Å²) in [5.74, 6) is -2.39. The number of carbonyl (C=O) groups is 1. The van der Waals surface area contributed by atoms with Crippen molar-refractivity contribution < 1.29 is 34.0 Å². The average Bonchev–Trinajstić information content (AvgIpc) is 2.64. The lowest BCUT2D eigenvalue weighted by Crippen LogP contribution is -2.59. The molecule has 1 aromatic rings. The van der Waals surface area contributed by atoms with E-state index in [1.54, 1.807) is 20.8 Å². The van der Waals surface area contributed by atoms with Gasteiger partial charge in [-0.05, 0) is 26.3 Å². The molecule has 0 spiro atoms. The van der Waals surface area contributed by atoms with E-state index in [0.717, 1.165) is 12.7 Å². The topological polar surface area (TPSA) is 94.5 Å². The molecule has 152 valence electrons. The molecule has 6 atom stereocenters. The molecule has 0 saturated carbocycles. The van der Waals surface area contributed by atoms with Gasteiger partial charge in [-0.15, -0.1) is 0 Å². The van der Waals surface area contributed by atoms with Crippen molar-refractivity contribution >= 4 is 5.97 Å². The van der Waals surface area contributed by atoms with Gasteiger partial charge in [0, 0.05) is 5.92 Å². The Hall–Kier alpha value is -1.51. The third kappa shape index (κ3) is 5.49. The fourth-order valence-corrected chi connectivity index (χ4v) is 3.35. The summed E-state index contributed by atoms with van der Waals surface area (Å²) in [5.41, 5.74) is 0.996. The molecule has 2 rings (SSSR count). The lowest BCUT2D eigenvalue weighted by atomic mass is 9.87. The molecule has 27 heavy (non-hydrogen) atoms. The summed E-state index contributed by atoms with van der Waals surface area (Å²) in [6.07, 6.45) is -4.43. The van der Waals surface area contributed by atoms with Crippen LogP contribution in [0.3, 0.4) is 0 Å². The Bertz CT molecular complexity index is 604. The van der Waals surface area contributed by atoms with E-state index >= 15 is 0 Å². The minimum Gasteiger partial charge on any atom is -0.467 e. The number of benzene rings is 1. The number of carbonyl (C=O) groups excluding carboxylic acids is 1. The first-order valence-electron chi connectivity index (χ1n) is 9.11. The van der Waals surface area contributed by atoms with Crippen LogP contribution in [0.1, 0.15) is 33.3 Å². The third-order valence-corrected chi connectivity index (χ3v) is 4.78. The summed E-state index contributed by atoms with van der Waals surface area (Å²) < 4.78 is 22.5. The number of aliphatic hydroxyl groups is 2. The van der Waals surface area contributed by atoms with Crippen molar-refractivity contribution in [2.45, 2.75) is 70.6 Å². The van der Waals surface area contributed by atoms with E-state index in [9.17, 15) is 15.0 Å². The molecule has 0 aliphatic carbocycles. The highest BCUT2D eigenvalue weighted by atomic mass is 16.7. The van der Waals surface area contributed by atoms with Crippen LogP contribution in [0, 0.1) is 5.92 Å². The van der Waals surface area contributed by atoms with Crippen LogP contribution in [0.5, 0.6) is 0 Å². The van der Waals surface area contributed by atoms with Gasteiger partial charge in [-0.25, -0.2) is 4.79 Å². The maximum Gasteiger partial charge on any atom is 0.337 e. The monoisotopic (exact) mass is 382 g/mol. The average molecular weight is 382 g/mol. The van der Waals surface area contributed by atoms with Gasteiger partial charge in [-0.2, -0.15) is 0 Å². The fraction of sp³-hybridized carbons (Fsp3) is 0.650. The van der Waals surface area contributed by atoms with Gasteiger partial charge in [-0.3, -0.25) is 0 Å². The zero-order valence-corrected chi connectivity index (χ0v) is 16.5. The molecule has 7 nitrogen and oxygen atoms in total. The van der Waals surface area contributed by atoms with Crippen LogP contribution in [-0.2, 0) is 30.3 Å². The number of ether oxygens (including phenoxy) is 4. The van der Waals surface area contributed by atoms with Crippen LogP contribution in [0.15, 0.2) is 30.3 Å². The van der Waals surface area contributed by atoms with Crippen molar-refractivity contribution in [3.63, 3.8) is 0 Å². The van der Waals surface area contributed by atoms with Crippen molar-refractivity contribution in [2.24, 2.45) is 5.92 Å². The molecule has 1 heterocycles.